The normalized spacial score (nSPS) is 11.3. The number of pyridine rings is 1. The zero-order valence-electron chi connectivity index (χ0n) is 78.0. The van der Waals surface area contributed by atoms with Crippen molar-refractivity contribution in [2.75, 3.05) is 0 Å². The minimum atomic E-state index is 0.615. The van der Waals surface area contributed by atoms with Gasteiger partial charge in [-0.1, -0.05) is 364 Å². The number of oxazole rings is 3. The Morgan fingerprint density at radius 2 is 0.466 bits per heavy atom. The van der Waals surface area contributed by atoms with Crippen molar-refractivity contribution in [3.8, 4) is 170 Å². The molecular weight excluding hydrogens is 1820 g/mol. The van der Waals surface area contributed by atoms with E-state index in [0.29, 0.717) is 64.3 Å². The maximum Gasteiger partial charge on any atom is 0.227 e. The molecule has 0 N–H and O–H groups in total. The molecule has 28 rings (SSSR count). The van der Waals surface area contributed by atoms with Crippen LogP contribution in [-0.2, 0) is 0 Å². The lowest BCUT2D eigenvalue weighted by atomic mass is 10.0. The van der Waals surface area contributed by atoms with Crippen LogP contribution in [0.5, 0.6) is 0 Å². The second kappa shape index (κ2) is 39.1. The standard InChI is InChI=1S/C33H21N3O.C32H20N4O.C31H19N5S.C31H19N3O/c1-4-10-22(11-5-1)28-21-29(23-12-6-2-7-13-23)35-32(34-28)26-16-18-27-25(20-26)17-19-30-31(27)36-33(37-30)24-14-8-3-9-15-24;1-4-10-21(11-5-1)29-34-30(22-12-6-2-7-13-22)36-31(35-29)25-16-18-26-24(20-25)17-19-27-28(26)33-32(37-27)23-14-8-3-9-15-23;1-3-9-20(10-4-1)28-34-29(21-11-5-2-6-12-21)36-30(35-28)23-14-16-24-22(19-23)15-17-26-27(24)33-31(37-26)25-13-7-8-18-32-25;1-3-9-20(10-4-1)28-25-13-7-8-14-26(25)32-30(33-28)23-15-17-24-22(19-23)16-18-27-29(24)34-31(35-27)21-11-5-2-6-12-21/h1-21H;1-20H;1-19H;1-19H. The first kappa shape index (κ1) is 87.6. The van der Waals surface area contributed by atoms with Crippen LogP contribution in [0.3, 0.4) is 0 Å². The third-order valence-electron chi connectivity index (χ3n) is 25.4. The maximum absolute atomic E-state index is 6.07. The van der Waals surface area contributed by atoms with E-state index in [2.05, 4.69) is 151 Å². The quantitative estimate of drug-likeness (QED) is 0.0928. The fourth-order valence-corrected chi connectivity index (χ4v) is 19.1. The highest BCUT2D eigenvalue weighted by molar-refractivity contribution is 7.21. The molecule has 9 aromatic heterocycles. The Hall–Kier alpha value is -19.9. The third kappa shape index (κ3) is 18.0. The Morgan fingerprint density at radius 1 is 0.171 bits per heavy atom. The second-order valence-corrected chi connectivity index (χ2v) is 35.9. The summed E-state index contributed by atoms with van der Waals surface area (Å²) in [6.07, 6.45) is 1.80. The first-order valence-corrected chi connectivity index (χ1v) is 48.6. The van der Waals surface area contributed by atoms with Crippen molar-refractivity contribution >= 4 is 109 Å². The van der Waals surface area contributed by atoms with Crippen LogP contribution >= 0.6 is 11.3 Å². The van der Waals surface area contributed by atoms with Crippen molar-refractivity contribution in [3.63, 3.8) is 0 Å². The predicted molar refractivity (Wildman–Crippen MR) is 586 cm³/mol. The summed E-state index contributed by atoms with van der Waals surface area (Å²) in [4.78, 5) is 72.7. The molecule has 0 saturated heterocycles. The lowest BCUT2D eigenvalue weighted by molar-refractivity contribution is 0.619. The Kier molecular flexibility index (Phi) is 23.4. The van der Waals surface area contributed by atoms with E-state index >= 15 is 0 Å². The molecule has 0 bridgehead atoms. The minimum Gasteiger partial charge on any atom is -0.436 e. The number of thiazole rings is 1. The van der Waals surface area contributed by atoms with Crippen LogP contribution in [0.4, 0.5) is 0 Å². The highest BCUT2D eigenvalue weighted by Gasteiger charge is 2.23. The second-order valence-electron chi connectivity index (χ2n) is 34.8. The number of rotatable bonds is 15. The Labute approximate surface area is 840 Å². The first-order chi connectivity index (χ1) is 72.3. The van der Waals surface area contributed by atoms with Gasteiger partial charge in [0.2, 0.25) is 17.7 Å². The molecule has 0 aliphatic rings. The van der Waals surface area contributed by atoms with Crippen molar-refractivity contribution in [1.29, 1.82) is 0 Å². The molecule has 0 saturated carbocycles. The lowest BCUT2D eigenvalue weighted by Crippen LogP contribution is -2.00. The van der Waals surface area contributed by atoms with Crippen LogP contribution in [0.1, 0.15) is 0 Å². The van der Waals surface area contributed by atoms with Gasteiger partial charge in [-0.25, -0.2) is 69.8 Å². The van der Waals surface area contributed by atoms with E-state index in [1.165, 1.54) is 0 Å². The zero-order chi connectivity index (χ0) is 97.0. The molecule has 0 unspecified atom stereocenters. The van der Waals surface area contributed by atoms with Crippen molar-refractivity contribution < 1.29 is 13.3 Å². The van der Waals surface area contributed by atoms with E-state index in [4.69, 9.17) is 83.0 Å². The van der Waals surface area contributed by atoms with Gasteiger partial charge in [0.1, 0.15) is 21.6 Å². The molecule has 28 aromatic rings. The van der Waals surface area contributed by atoms with Gasteiger partial charge in [-0.3, -0.25) is 4.98 Å². The van der Waals surface area contributed by atoms with Crippen LogP contribution in [-0.4, -0.2) is 74.8 Å². The summed E-state index contributed by atoms with van der Waals surface area (Å²) in [7, 11) is 0. The summed E-state index contributed by atoms with van der Waals surface area (Å²) in [6, 6.07) is 158. The fourth-order valence-electron chi connectivity index (χ4n) is 18.1. The van der Waals surface area contributed by atoms with Gasteiger partial charge >= 0.3 is 0 Å². The van der Waals surface area contributed by atoms with Gasteiger partial charge in [-0.15, -0.1) is 11.3 Å². The topological polar surface area (TPSA) is 233 Å². The summed E-state index contributed by atoms with van der Waals surface area (Å²) >= 11 is 1.66. The van der Waals surface area contributed by atoms with E-state index in [-0.39, 0.29) is 0 Å². The van der Waals surface area contributed by atoms with E-state index < -0.39 is 0 Å². The monoisotopic (exact) mass is 1890 g/mol. The number of para-hydroxylation sites is 1. The van der Waals surface area contributed by atoms with Crippen molar-refractivity contribution in [3.05, 3.63) is 479 Å². The lowest BCUT2D eigenvalue weighted by Gasteiger charge is -2.10. The summed E-state index contributed by atoms with van der Waals surface area (Å²) in [5.41, 5.74) is 24.0. The van der Waals surface area contributed by atoms with Gasteiger partial charge in [-0.05, 0) is 131 Å². The largest absolute Gasteiger partial charge is 0.436 e. The molecule has 0 amide bonds. The van der Waals surface area contributed by atoms with Gasteiger partial charge in [0, 0.05) is 111 Å². The highest BCUT2D eigenvalue weighted by Crippen LogP contribution is 2.42. The van der Waals surface area contributed by atoms with Crippen LogP contribution in [0.2, 0.25) is 0 Å². The number of benzene rings is 19. The van der Waals surface area contributed by atoms with E-state index in [9.17, 15) is 0 Å². The average molecular weight is 1900 g/mol. The molecule has 0 aliphatic carbocycles. The number of hydrogen-bond donors (Lipinski definition) is 0. The van der Waals surface area contributed by atoms with Crippen molar-refractivity contribution in [2.24, 2.45) is 0 Å². The maximum atomic E-state index is 6.07. The predicted octanol–water partition coefficient (Wildman–Crippen LogP) is 31.9. The molecule has 0 spiro atoms. The number of fused-ring (bicyclic) bond motifs is 13. The number of aromatic nitrogens is 15. The Morgan fingerprint density at radius 3 is 0.822 bits per heavy atom. The van der Waals surface area contributed by atoms with Crippen LogP contribution in [0.15, 0.2) is 493 Å². The molecule has 0 radical (unpaired) electrons. The third-order valence-corrected chi connectivity index (χ3v) is 26.4. The molecular formula is C127H79N15O3S. The van der Waals surface area contributed by atoms with Crippen LogP contribution < -0.4 is 0 Å². The van der Waals surface area contributed by atoms with Crippen LogP contribution in [0.25, 0.3) is 267 Å². The number of nitrogens with zero attached hydrogens (tertiary/aromatic N) is 15. The van der Waals surface area contributed by atoms with Gasteiger partial charge in [-0.2, -0.15) is 0 Å². The minimum absolute atomic E-state index is 0.615. The van der Waals surface area contributed by atoms with Gasteiger partial charge in [0.05, 0.1) is 38.5 Å². The summed E-state index contributed by atoms with van der Waals surface area (Å²) < 4.78 is 19.3. The average Bonchev–Trinajstić information content (AvgIpc) is 0.936. The van der Waals surface area contributed by atoms with Crippen molar-refractivity contribution in [2.45, 2.75) is 0 Å². The van der Waals surface area contributed by atoms with Crippen LogP contribution in [0, 0.1) is 0 Å². The zero-order valence-corrected chi connectivity index (χ0v) is 78.8. The van der Waals surface area contributed by atoms with Gasteiger partial charge < -0.3 is 13.3 Å². The van der Waals surface area contributed by atoms with E-state index in [1.807, 2.05) is 328 Å². The Bertz CT molecular complexity index is 8830. The number of hydrogen-bond acceptors (Lipinski definition) is 19. The summed E-state index contributed by atoms with van der Waals surface area (Å²) in [5, 5.41) is 10.4. The van der Waals surface area contributed by atoms with E-state index in [1.54, 1.807) is 17.5 Å². The molecule has 146 heavy (non-hydrogen) atoms. The molecule has 19 heteroatoms. The molecule has 686 valence electrons. The molecule has 0 aliphatic heterocycles. The molecule has 0 atom stereocenters. The summed E-state index contributed by atoms with van der Waals surface area (Å²) in [6.45, 7) is 0. The van der Waals surface area contributed by atoms with Gasteiger partial charge in [0.15, 0.2) is 63.3 Å². The van der Waals surface area contributed by atoms with E-state index in [0.717, 1.165) is 203 Å². The molecule has 18 nitrogen and oxygen atoms in total. The molecule has 19 aromatic carbocycles. The van der Waals surface area contributed by atoms with Crippen molar-refractivity contribution in [1.82, 2.24) is 74.8 Å². The smallest absolute Gasteiger partial charge is 0.227 e. The SMILES string of the molecule is c1ccc(-c2cc(-c3ccccc3)nc(-c3ccc4c(ccc5oc(-c6ccccc6)nc54)c3)n2)cc1.c1ccc(-c2nc(-c3ccccc3)nc(-c3ccc4c(ccc5oc(-c6ccccc6)nc54)c3)n2)cc1.c1ccc(-c2nc(-c3ccccc3)nc(-c3ccc4c(ccc5sc(-c6ccccn6)nc54)c3)n2)cc1.c1ccc(-c2nc3c(ccc4cc(-c5nc(-c6ccccc6)c6ccccc6n5)ccc43)o2)cc1. The summed E-state index contributed by atoms with van der Waals surface area (Å²) in [5.74, 6) is 7.11. The Balaban J connectivity index is 0.000000102. The highest BCUT2D eigenvalue weighted by atomic mass is 32.1. The first-order valence-electron chi connectivity index (χ1n) is 47.8. The van der Waals surface area contributed by atoms with Gasteiger partial charge in [0.25, 0.3) is 0 Å². The fraction of sp³-hybridized carbons (Fsp3) is 0. The molecule has 9 heterocycles. The molecule has 0 fully saturated rings.